The van der Waals surface area contributed by atoms with Gasteiger partial charge in [-0.1, -0.05) is 18.2 Å². The van der Waals surface area contributed by atoms with Crippen molar-refractivity contribution in [2.45, 2.75) is 5.92 Å². The van der Waals surface area contributed by atoms with Crippen molar-refractivity contribution < 1.29 is 4.74 Å². The molecular weight excluding hydrogens is 236 g/mol. The van der Waals surface area contributed by atoms with E-state index in [1.54, 1.807) is 0 Å². The SMILES string of the molecule is CN(CC1COc2ccccc21)c1ccc(N)cc1. The number of benzene rings is 2. The summed E-state index contributed by atoms with van der Waals surface area (Å²) >= 11 is 0. The summed E-state index contributed by atoms with van der Waals surface area (Å²) in [7, 11) is 2.10. The maximum atomic E-state index is 5.72. The summed E-state index contributed by atoms with van der Waals surface area (Å²) in [4.78, 5) is 2.25. The molecule has 1 aliphatic heterocycles. The number of nitrogens with zero attached hydrogens (tertiary/aromatic N) is 1. The lowest BCUT2D eigenvalue weighted by atomic mass is 10.0. The normalized spacial score (nSPS) is 16.8. The van der Waals surface area contributed by atoms with Gasteiger partial charge in [0.15, 0.2) is 0 Å². The molecule has 0 saturated carbocycles. The number of para-hydroxylation sites is 1. The van der Waals surface area contributed by atoms with E-state index in [1.807, 2.05) is 24.3 Å². The Bertz CT molecular complexity index is 565. The second-order valence-corrected chi connectivity index (χ2v) is 5.02. The van der Waals surface area contributed by atoms with E-state index < -0.39 is 0 Å². The number of anilines is 2. The van der Waals surface area contributed by atoms with Gasteiger partial charge in [-0.05, 0) is 30.3 Å². The predicted molar refractivity (Wildman–Crippen MR) is 78.8 cm³/mol. The van der Waals surface area contributed by atoms with Crippen molar-refractivity contribution in [2.24, 2.45) is 0 Å². The zero-order valence-corrected chi connectivity index (χ0v) is 11.0. The minimum atomic E-state index is 0.429. The largest absolute Gasteiger partial charge is 0.493 e. The fourth-order valence-corrected chi connectivity index (χ4v) is 2.55. The third-order valence-corrected chi connectivity index (χ3v) is 3.63. The Morgan fingerprint density at radius 3 is 2.68 bits per heavy atom. The van der Waals surface area contributed by atoms with Gasteiger partial charge in [-0.25, -0.2) is 0 Å². The van der Waals surface area contributed by atoms with Crippen LogP contribution in [0.25, 0.3) is 0 Å². The first-order valence-electron chi connectivity index (χ1n) is 6.52. The van der Waals surface area contributed by atoms with Gasteiger partial charge in [0.25, 0.3) is 0 Å². The molecule has 1 atom stereocenters. The monoisotopic (exact) mass is 254 g/mol. The van der Waals surface area contributed by atoms with Crippen molar-refractivity contribution in [2.75, 3.05) is 30.8 Å². The van der Waals surface area contributed by atoms with Gasteiger partial charge in [0.2, 0.25) is 0 Å². The lowest BCUT2D eigenvalue weighted by Crippen LogP contribution is -2.24. The van der Waals surface area contributed by atoms with E-state index in [-0.39, 0.29) is 0 Å². The number of likely N-dealkylation sites (N-methyl/N-ethyl adjacent to an activating group) is 1. The number of nitrogen functional groups attached to an aromatic ring is 1. The van der Waals surface area contributed by atoms with Crippen LogP contribution in [0.3, 0.4) is 0 Å². The Balaban J connectivity index is 1.74. The number of hydrogen-bond donors (Lipinski definition) is 1. The average molecular weight is 254 g/mol. The molecule has 0 radical (unpaired) electrons. The van der Waals surface area contributed by atoms with Gasteiger partial charge in [0, 0.05) is 36.4 Å². The fourth-order valence-electron chi connectivity index (χ4n) is 2.55. The van der Waals surface area contributed by atoms with Crippen LogP contribution in [0.15, 0.2) is 48.5 Å². The summed E-state index contributed by atoms with van der Waals surface area (Å²) in [5.74, 6) is 1.46. The van der Waals surface area contributed by atoms with E-state index in [0.29, 0.717) is 5.92 Å². The van der Waals surface area contributed by atoms with Crippen molar-refractivity contribution in [3.63, 3.8) is 0 Å². The van der Waals surface area contributed by atoms with Gasteiger partial charge in [0.1, 0.15) is 5.75 Å². The van der Waals surface area contributed by atoms with Crippen molar-refractivity contribution in [1.82, 2.24) is 0 Å². The molecule has 3 rings (SSSR count). The van der Waals surface area contributed by atoms with Crippen LogP contribution in [0.2, 0.25) is 0 Å². The molecule has 1 heterocycles. The summed E-state index contributed by atoms with van der Waals surface area (Å²) in [5.41, 5.74) is 9.00. The number of hydrogen-bond acceptors (Lipinski definition) is 3. The van der Waals surface area contributed by atoms with Gasteiger partial charge < -0.3 is 15.4 Å². The minimum Gasteiger partial charge on any atom is -0.493 e. The Hall–Kier alpha value is -2.16. The first-order valence-corrected chi connectivity index (χ1v) is 6.52. The molecule has 2 aromatic rings. The topological polar surface area (TPSA) is 38.5 Å². The van der Waals surface area contributed by atoms with Crippen LogP contribution in [0.1, 0.15) is 11.5 Å². The lowest BCUT2D eigenvalue weighted by molar-refractivity contribution is 0.332. The van der Waals surface area contributed by atoms with Gasteiger partial charge in [-0.2, -0.15) is 0 Å². The minimum absolute atomic E-state index is 0.429. The average Bonchev–Trinajstić information content (AvgIpc) is 2.83. The van der Waals surface area contributed by atoms with Gasteiger partial charge in [-0.15, -0.1) is 0 Å². The van der Waals surface area contributed by atoms with E-state index in [4.69, 9.17) is 10.5 Å². The maximum absolute atomic E-state index is 5.72. The third-order valence-electron chi connectivity index (χ3n) is 3.63. The van der Waals surface area contributed by atoms with Crippen LogP contribution >= 0.6 is 0 Å². The van der Waals surface area contributed by atoms with Crippen LogP contribution in [0.5, 0.6) is 5.75 Å². The summed E-state index contributed by atoms with van der Waals surface area (Å²) in [6, 6.07) is 16.3. The smallest absolute Gasteiger partial charge is 0.122 e. The molecule has 0 spiro atoms. The van der Waals surface area contributed by atoms with Gasteiger partial charge in [-0.3, -0.25) is 0 Å². The quantitative estimate of drug-likeness (QED) is 0.856. The third kappa shape index (κ3) is 2.36. The highest BCUT2D eigenvalue weighted by atomic mass is 16.5. The van der Waals surface area contributed by atoms with Gasteiger partial charge >= 0.3 is 0 Å². The van der Waals surface area contributed by atoms with Crippen molar-refractivity contribution in [1.29, 1.82) is 0 Å². The Morgan fingerprint density at radius 2 is 1.89 bits per heavy atom. The van der Waals surface area contributed by atoms with Crippen molar-refractivity contribution >= 4 is 11.4 Å². The van der Waals surface area contributed by atoms with Crippen LogP contribution in [0, 0.1) is 0 Å². The van der Waals surface area contributed by atoms with Crippen LogP contribution in [0.4, 0.5) is 11.4 Å². The van der Waals surface area contributed by atoms with Crippen molar-refractivity contribution in [3.8, 4) is 5.75 Å². The molecule has 98 valence electrons. The molecule has 2 aromatic carbocycles. The highest BCUT2D eigenvalue weighted by Crippen LogP contribution is 2.34. The predicted octanol–water partition coefficient (Wildman–Crippen LogP) is 2.88. The second kappa shape index (κ2) is 4.84. The van der Waals surface area contributed by atoms with Crippen LogP contribution in [-0.2, 0) is 0 Å². The van der Waals surface area contributed by atoms with Crippen molar-refractivity contribution in [3.05, 3.63) is 54.1 Å². The zero-order chi connectivity index (χ0) is 13.2. The summed E-state index contributed by atoms with van der Waals surface area (Å²) in [6.07, 6.45) is 0. The molecule has 2 N–H and O–H groups in total. The highest BCUT2D eigenvalue weighted by molar-refractivity contribution is 5.53. The van der Waals surface area contributed by atoms with E-state index in [0.717, 1.165) is 24.6 Å². The molecule has 0 saturated heterocycles. The molecule has 1 unspecified atom stereocenters. The second-order valence-electron chi connectivity index (χ2n) is 5.02. The summed E-state index contributed by atoms with van der Waals surface area (Å²) in [6.45, 7) is 1.71. The number of rotatable bonds is 3. The van der Waals surface area contributed by atoms with E-state index >= 15 is 0 Å². The first kappa shape index (κ1) is 11.9. The highest BCUT2D eigenvalue weighted by Gasteiger charge is 2.24. The molecule has 0 amide bonds. The molecule has 3 nitrogen and oxygen atoms in total. The number of ether oxygens (including phenoxy) is 1. The Kier molecular flexibility index (Phi) is 3.03. The zero-order valence-electron chi connectivity index (χ0n) is 11.0. The van der Waals surface area contributed by atoms with E-state index in [9.17, 15) is 0 Å². The Morgan fingerprint density at radius 1 is 1.16 bits per heavy atom. The maximum Gasteiger partial charge on any atom is 0.122 e. The number of fused-ring (bicyclic) bond motifs is 1. The molecule has 3 heteroatoms. The molecule has 0 aliphatic carbocycles. The van der Waals surface area contributed by atoms with E-state index in [2.05, 4.69) is 36.2 Å². The molecule has 0 aromatic heterocycles. The molecule has 19 heavy (non-hydrogen) atoms. The molecule has 0 bridgehead atoms. The summed E-state index contributed by atoms with van der Waals surface area (Å²) < 4.78 is 5.72. The van der Waals surface area contributed by atoms with Crippen LogP contribution in [-0.4, -0.2) is 20.2 Å². The molecular formula is C16H18N2O. The molecule has 0 fully saturated rings. The van der Waals surface area contributed by atoms with Gasteiger partial charge in [0.05, 0.1) is 6.61 Å². The Labute approximate surface area is 113 Å². The lowest BCUT2D eigenvalue weighted by Gasteiger charge is -2.22. The summed E-state index contributed by atoms with van der Waals surface area (Å²) in [5, 5.41) is 0. The standard InChI is InChI=1S/C16H18N2O/c1-18(14-8-6-13(17)7-9-14)10-12-11-19-16-5-3-2-4-15(12)16/h2-9,12H,10-11,17H2,1H3. The van der Waals surface area contributed by atoms with Crippen LogP contribution < -0.4 is 15.4 Å². The number of nitrogens with two attached hydrogens (primary N) is 1. The molecule has 1 aliphatic rings. The van der Waals surface area contributed by atoms with E-state index in [1.165, 1.54) is 11.3 Å². The fraction of sp³-hybridized carbons (Fsp3) is 0.250. The first-order chi connectivity index (χ1) is 9.24.